The lowest BCUT2D eigenvalue weighted by Crippen LogP contribution is -2.11. The highest BCUT2D eigenvalue weighted by atomic mass is 16.1. The number of carbonyl (C=O) groups is 1. The smallest absolute Gasteiger partial charge is 0.269 e. The molecule has 2 heterocycles. The zero-order valence-corrected chi connectivity index (χ0v) is 9.35. The van der Waals surface area contributed by atoms with Crippen LogP contribution in [0.15, 0.2) is 16.6 Å². The fourth-order valence-corrected chi connectivity index (χ4v) is 1.33. The molecule has 0 aliphatic rings. The molecule has 8 heteroatoms. The first-order valence-electron chi connectivity index (χ1n) is 4.86. The van der Waals surface area contributed by atoms with Crippen LogP contribution in [0.25, 0.3) is 0 Å². The first-order valence-corrected chi connectivity index (χ1v) is 4.86. The number of aromatic nitrogens is 4. The highest BCUT2D eigenvalue weighted by molar-refractivity contribution is 5.94. The maximum Gasteiger partial charge on any atom is 0.269 e. The minimum absolute atomic E-state index is 0.132. The number of nitrogens with two attached hydrogens (primary N) is 1. The van der Waals surface area contributed by atoms with Crippen LogP contribution in [-0.4, -0.2) is 26.1 Å². The van der Waals surface area contributed by atoms with Crippen LogP contribution in [0.4, 0.5) is 11.5 Å². The lowest BCUT2D eigenvalue weighted by molar-refractivity contribution is 0.0996. The molecule has 0 unspecified atom stereocenters. The Morgan fingerprint density at radius 3 is 2.76 bits per heavy atom. The van der Waals surface area contributed by atoms with Crippen LogP contribution in [0.1, 0.15) is 21.9 Å². The van der Waals surface area contributed by atoms with Crippen molar-refractivity contribution in [1.82, 2.24) is 20.2 Å². The van der Waals surface area contributed by atoms with Gasteiger partial charge in [-0.15, -0.1) is 10.2 Å². The summed E-state index contributed by atoms with van der Waals surface area (Å²) in [4.78, 5) is 17.5. The predicted molar refractivity (Wildman–Crippen MR) is 59.3 cm³/mol. The van der Waals surface area contributed by atoms with Gasteiger partial charge < -0.3 is 10.7 Å². The average Bonchev–Trinajstić information content (AvgIpc) is 2.85. The SMILES string of the molecule is Cc1n[nH]c(C)c1N=Nc1nc[nH]c1C(N)=O. The molecule has 0 fully saturated rings. The minimum atomic E-state index is -0.628. The number of primary amides is 1. The molecule has 0 spiro atoms. The molecule has 88 valence electrons. The molecule has 4 N–H and O–H groups in total. The van der Waals surface area contributed by atoms with Crippen LogP contribution in [-0.2, 0) is 0 Å². The number of carbonyl (C=O) groups excluding carboxylic acids is 1. The van der Waals surface area contributed by atoms with Crippen molar-refractivity contribution >= 4 is 17.4 Å². The number of aryl methyl sites for hydroxylation is 2. The van der Waals surface area contributed by atoms with E-state index >= 15 is 0 Å². The number of imidazole rings is 1. The Morgan fingerprint density at radius 2 is 2.18 bits per heavy atom. The quantitative estimate of drug-likeness (QED) is 0.691. The number of amides is 1. The van der Waals surface area contributed by atoms with E-state index in [9.17, 15) is 4.79 Å². The summed E-state index contributed by atoms with van der Waals surface area (Å²) in [5, 5.41) is 14.6. The largest absolute Gasteiger partial charge is 0.364 e. The van der Waals surface area contributed by atoms with Crippen LogP contribution < -0.4 is 5.73 Å². The van der Waals surface area contributed by atoms with Crippen molar-refractivity contribution in [2.24, 2.45) is 16.0 Å². The Morgan fingerprint density at radius 1 is 1.41 bits per heavy atom. The molecule has 1 amide bonds. The maximum absolute atomic E-state index is 11.0. The van der Waals surface area contributed by atoms with Gasteiger partial charge in [0.15, 0.2) is 5.69 Å². The number of hydrogen-bond donors (Lipinski definition) is 3. The number of nitrogens with one attached hydrogen (secondary N) is 2. The Balaban J connectivity index is 2.32. The normalized spacial score (nSPS) is 11.2. The highest BCUT2D eigenvalue weighted by Crippen LogP contribution is 2.23. The molecule has 0 atom stereocenters. The molecule has 2 aromatic heterocycles. The number of rotatable bonds is 3. The molecular weight excluding hydrogens is 222 g/mol. The Labute approximate surface area is 96.4 Å². The van der Waals surface area contributed by atoms with Crippen molar-refractivity contribution in [3.05, 3.63) is 23.4 Å². The first-order chi connectivity index (χ1) is 8.09. The third-order valence-corrected chi connectivity index (χ3v) is 2.20. The van der Waals surface area contributed by atoms with Crippen LogP contribution >= 0.6 is 0 Å². The van der Waals surface area contributed by atoms with Crippen molar-refractivity contribution in [3.63, 3.8) is 0 Å². The molecule has 0 aromatic carbocycles. The second-order valence-electron chi connectivity index (χ2n) is 3.45. The van der Waals surface area contributed by atoms with Crippen LogP contribution in [0.5, 0.6) is 0 Å². The summed E-state index contributed by atoms with van der Waals surface area (Å²) in [6, 6.07) is 0. The summed E-state index contributed by atoms with van der Waals surface area (Å²) in [6.45, 7) is 3.63. The summed E-state index contributed by atoms with van der Waals surface area (Å²) in [6.07, 6.45) is 1.34. The summed E-state index contributed by atoms with van der Waals surface area (Å²) >= 11 is 0. The summed E-state index contributed by atoms with van der Waals surface area (Å²) in [5.41, 5.74) is 7.42. The van der Waals surface area contributed by atoms with E-state index < -0.39 is 5.91 Å². The van der Waals surface area contributed by atoms with Gasteiger partial charge >= 0.3 is 0 Å². The van der Waals surface area contributed by atoms with Gasteiger partial charge in [-0.3, -0.25) is 9.89 Å². The standard InChI is InChI=1S/C9H11N7O/c1-4-6(5(2)14-13-4)15-16-9-7(8(10)17)11-3-12-9/h3H,1-2H3,(H2,10,17)(H,11,12)(H,13,14). The molecule has 2 aromatic rings. The van der Waals surface area contributed by atoms with Crippen LogP contribution in [0.3, 0.4) is 0 Å². The van der Waals surface area contributed by atoms with E-state index in [1.54, 1.807) is 6.92 Å². The molecule has 0 saturated heterocycles. The van der Waals surface area contributed by atoms with E-state index in [0.717, 1.165) is 11.4 Å². The van der Waals surface area contributed by atoms with Crippen molar-refractivity contribution in [3.8, 4) is 0 Å². The van der Waals surface area contributed by atoms with E-state index in [2.05, 4.69) is 30.4 Å². The molecule has 8 nitrogen and oxygen atoms in total. The van der Waals surface area contributed by atoms with Crippen LogP contribution in [0.2, 0.25) is 0 Å². The van der Waals surface area contributed by atoms with Crippen molar-refractivity contribution in [1.29, 1.82) is 0 Å². The predicted octanol–water partition coefficient (Wildman–Crippen LogP) is 1.26. The van der Waals surface area contributed by atoms with E-state index in [-0.39, 0.29) is 11.5 Å². The Kier molecular flexibility index (Phi) is 2.69. The molecule has 0 aliphatic heterocycles. The zero-order valence-electron chi connectivity index (χ0n) is 9.35. The minimum Gasteiger partial charge on any atom is -0.364 e. The van der Waals surface area contributed by atoms with Gasteiger partial charge in [-0.05, 0) is 13.8 Å². The van der Waals surface area contributed by atoms with Gasteiger partial charge in [0.2, 0.25) is 5.82 Å². The molecule has 0 aliphatic carbocycles. The Hall–Kier alpha value is -2.51. The fourth-order valence-electron chi connectivity index (χ4n) is 1.33. The van der Waals surface area contributed by atoms with Crippen molar-refractivity contribution < 1.29 is 4.79 Å². The molecular formula is C9H11N7O. The maximum atomic E-state index is 11.0. The number of hydrogen-bond acceptors (Lipinski definition) is 5. The molecule has 0 radical (unpaired) electrons. The lowest BCUT2D eigenvalue weighted by atomic mass is 10.3. The number of azo groups is 1. The van der Waals surface area contributed by atoms with Gasteiger partial charge in [-0.2, -0.15) is 5.10 Å². The van der Waals surface area contributed by atoms with E-state index in [1.807, 2.05) is 6.92 Å². The van der Waals surface area contributed by atoms with E-state index in [1.165, 1.54) is 6.33 Å². The summed E-state index contributed by atoms with van der Waals surface area (Å²) in [7, 11) is 0. The molecule has 0 saturated carbocycles. The van der Waals surface area contributed by atoms with Gasteiger partial charge in [0.1, 0.15) is 5.69 Å². The van der Waals surface area contributed by atoms with Gasteiger partial charge in [-0.1, -0.05) is 0 Å². The second kappa shape index (κ2) is 4.16. The Bertz CT molecular complexity index is 560. The number of aromatic amines is 2. The summed E-state index contributed by atoms with van der Waals surface area (Å²) in [5.74, 6) is -0.463. The van der Waals surface area contributed by atoms with Crippen LogP contribution in [0, 0.1) is 13.8 Å². The topological polar surface area (TPSA) is 125 Å². The fraction of sp³-hybridized carbons (Fsp3) is 0.222. The third-order valence-electron chi connectivity index (χ3n) is 2.20. The molecule has 0 bridgehead atoms. The first kappa shape index (κ1) is 11.0. The number of nitrogens with zero attached hydrogens (tertiary/aromatic N) is 4. The third kappa shape index (κ3) is 2.05. The molecule has 2 rings (SSSR count). The van der Waals surface area contributed by atoms with Crippen molar-refractivity contribution in [2.45, 2.75) is 13.8 Å². The van der Waals surface area contributed by atoms with Gasteiger partial charge in [-0.25, -0.2) is 4.98 Å². The van der Waals surface area contributed by atoms with Gasteiger partial charge in [0, 0.05) is 0 Å². The second-order valence-corrected chi connectivity index (χ2v) is 3.45. The van der Waals surface area contributed by atoms with E-state index in [0.29, 0.717) is 5.69 Å². The summed E-state index contributed by atoms with van der Waals surface area (Å²) < 4.78 is 0. The van der Waals surface area contributed by atoms with Gasteiger partial charge in [0.05, 0.1) is 17.7 Å². The molecule has 17 heavy (non-hydrogen) atoms. The average molecular weight is 233 g/mol. The number of H-pyrrole nitrogens is 2. The zero-order chi connectivity index (χ0) is 12.4. The van der Waals surface area contributed by atoms with E-state index in [4.69, 9.17) is 5.73 Å². The monoisotopic (exact) mass is 233 g/mol. The highest BCUT2D eigenvalue weighted by Gasteiger charge is 2.11. The van der Waals surface area contributed by atoms with Crippen molar-refractivity contribution in [2.75, 3.05) is 0 Å². The lowest BCUT2D eigenvalue weighted by Gasteiger charge is -1.92. The van der Waals surface area contributed by atoms with Gasteiger partial charge in [0.25, 0.3) is 5.91 Å².